The van der Waals surface area contributed by atoms with E-state index < -0.39 is 11.9 Å². The average Bonchev–Trinajstić information content (AvgIpc) is 3.00. The minimum Gasteiger partial charge on any atom is -0.471 e. The molecule has 0 radical (unpaired) electrons. The first-order valence-corrected chi connectivity index (χ1v) is 11.5. The molecule has 8 heteroatoms. The zero-order valence-electron chi connectivity index (χ0n) is 17.4. The molecule has 2 aliphatic heterocycles. The lowest BCUT2D eigenvalue weighted by Gasteiger charge is -2.54. The lowest BCUT2D eigenvalue weighted by molar-refractivity contribution is -0.136. The van der Waals surface area contributed by atoms with Gasteiger partial charge in [-0.3, -0.25) is 19.7 Å². The van der Waals surface area contributed by atoms with Crippen LogP contribution in [0.3, 0.4) is 0 Å². The molecule has 1 aromatic carbocycles. The molecule has 2 N–H and O–H groups in total. The van der Waals surface area contributed by atoms with E-state index in [0.29, 0.717) is 48.2 Å². The van der Waals surface area contributed by atoms with Gasteiger partial charge in [0.25, 0.3) is 11.1 Å². The number of ether oxygens (including phenoxy) is 1. The number of carbonyl (C=O) groups is 3. The highest BCUT2D eigenvalue weighted by molar-refractivity contribution is 7.80. The highest BCUT2D eigenvalue weighted by Crippen LogP contribution is 2.58. The number of amides is 3. The van der Waals surface area contributed by atoms with Gasteiger partial charge in [0.2, 0.25) is 11.8 Å². The molecule has 5 rings (SSSR count). The van der Waals surface area contributed by atoms with Crippen molar-refractivity contribution >= 4 is 35.1 Å². The molecule has 3 amide bonds. The second-order valence-electron chi connectivity index (χ2n) is 9.47. The maximum atomic E-state index is 12.9. The van der Waals surface area contributed by atoms with Gasteiger partial charge in [-0.1, -0.05) is 18.6 Å². The zero-order valence-corrected chi connectivity index (χ0v) is 18.3. The molecular weight excluding hydrogens is 414 g/mol. The van der Waals surface area contributed by atoms with E-state index in [-0.39, 0.29) is 18.2 Å². The first kappa shape index (κ1) is 20.4. The maximum Gasteiger partial charge on any atom is 0.256 e. The van der Waals surface area contributed by atoms with Gasteiger partial charge >= 0.3 is 0 Å². The van der Waals surface area contributed by atoms with E-state index in [1.807, 2.05) is 18.2 Å². The fourth-order valence-corrected chi connectivity index (χ4v) is 5.64. The zero-order chi connectivity index (χ0) is 21.6. The number of thiocarbonyl (C=S) groups is 1. The fraction of sp³-hybridized carbons (Fsp3) is 0.565. The Morgan fingerprint density at radius 1 is 1.26 bits per heavy atom. The molecular formula is C23H27N3O4S. The van der Waals surface area contributed by atoms with Crippen LogP contribution in [0.1, 0.15) is 66.4 Å². The van der Waals surface area contributed by atoms with Crippen molar-refractivity contribution < 1.29 is 19.1 Å². The second kappa shape index (κ2) is 7.89. The number of hydrogen-bond donors (Lipinski definition) is 2. The predicted molar refractivity (Wildman–Crippen MR) is 117 cm³/mol. The molecule has 31 heavy (non-hydrogen) atoms. The van der Waals surface area contributed by atoms with Crippen LogP contribution in [-0.2, 0) is 27.4 Å². The molecule has 7 nitrogen and oxygen atoms in total. The summed E-state index contributed by atoms with van der Waals surface area (Å²) in [6, 6.07) is 5.14. The van der Waals surface area contributed by atoms with E-state index in [9.17, 15) is 14.4 Å². The Balaban J connectivity index is 1.12. The third-order valence-electron chi connectivity index (χ3n) is 7.34. The molecule has 1 unspecified atom stereocenters. The van der Waals surface area contributed by atoms with Gasteiger partial charge in [0.1, 0.15) is 6.04 Å². The van der Waals surface area contributed by atoms with Crippen LogP contribution in [0, 0.1) is 11.3 Å². The molecule has 164 valence electrons. The van der Waals surface area contributed by atoms with E-state index in [4.69, 9.17) is 17.0 Å². The normalized spacial score (nSPS) is 24.3. The number of fused-ring (bicyclic) bond motifs is 1. The molecule has 4 aliphatic rings. The highest BCUT2D eigenvalue weighted by atomic mass is 32.1. The topological polar surface area (TPSA) is 87.7 Å². The van der Waals surface area contributed by atoms with Crippen molar-refractivity contribution in [3.8, 4) is 0 Å². The van der Waals surface area contributed by atoms with Crippen molar-refractivity contribution in [2.45, 2.75) is 64.1 Å². The fourth-order valence-electron chi connectivity index (χ4n) is 5.50. The summed E-state index contributed by atoms with van der Waals surface area (Å²) in [5, 5.41) is 5.85. The first-order chi connectivity index (χ1) is 14.9. The number of hydrogen-bond acceptors (Lipinski definition) is 5. The molecule has 1 spiro atoms. The van der Waals surface area contributed by atoms with Crippen molar-refractivity contribution in [2.75, 3.05) is 6.61 Å². The maximum absolute atomic E-state index is 12.9. The molecule has 0 bridgehead atoms. The minimum atomic E-state index is -0.592. The van der Waals surface area contributed by atoms with Crippen LogP contribution in [0.25, 0.3) is 0 Å². The van der Waals surface area contributed by atoms with Crippen LogP contribution >= 0.6 is 12.2 Å². The molecule has 1 atom stereocenters. The molecule has 0 aromatic heterocycles. The largest absolute Gasteiger partial charge is 0.471 e. The van der Waals surface area contributed by atoms with Gasteiger partial charge in [-0.15, -0.1) is 0 Å². The smallest absolute Gasteiger partial charge is 0.256 e. The van der Waals surface area contributed by atoms with Crippen molar-refractivity contribution in [2.24, 2.45) is 11.3 Å². The third-order valence-corrected chi connectivity index (χ3v) is 7.60. The SMILES string of the molecule is O=C1CCC(N2Cc3ccc(CNC(=S)OCC4CC5(CCC5)C4)cc3C2=O)C(=O)N1. The second-order valence-corrected chi connectivity index (χ2v) is 9.84. The predicted octanol–water partition coefficient (Wildman–Crippen LogP) is 2.42. The first-order valence-electron chi connectivity index (χ1n) is 11.1. The lowest BCUT2D eigenvalue weighted by Crippen LogP contribution is -2.52. The van der Waals surface area contributed by atoms with Crippen LogP contribution < -0.4 is 10.6 Å². The standard InChI is InChI=1S/C23H27N3O4S/c27-19-5-4-18(20(28)25-19)26-12-16-3-2-14(8-17(16)21(26)29)11-24-22(31)30-13-15-9-23(10-15)6-1-7-23/h2-3,8,15,18H,1,4-7,9-13H2,(H,24,31)(H,25,27,28). The van der Waals surface area contributed by atoms with E-state index in [0.717, 1.165) is 11.1 Å². The summed E-state index contributed by atoms with van der Waals surface area (Å²) in [7, 11) is 0. The van der Waals surface area contributed by atoms with E-state index in [2.05, 4.69) is 10.6 Å². The number of rotatable bonds is 5. The van der Waals surface area contributed by atoms with Crippen molar-refractivity contribution in [1.82, 2.24) is 15.5 Å². The van der Waals surface area contributed by atoms with Crippen molar-refractivity contribution in [1.29, 1.82) is 0 Å². The number of imide groups is 1. The minimum absolute atomic E-state index is 0.167. The quantitative estimate of drug-likeness (QED) is 0.539. The highest BCUT2D eigenvalue weighted by Gasteiger charge is 2.48. The Bertz CT molecular complexity index is 950. The number of benzene rings is 1. The van der Waals surface area contributed by atoms with Gasteiger partial charge in [-0.2, -0.15) is 0 Å². The van der Waals surface area contributed by atoms with E-state index >= 15 is 0 Å². The van der Waals surface area contributed by atoms with Gasteiger partial charge < -0.3 is 15.0 Å². The van der Waals surface area contributed by atoms with Crippen LogP contribution in [0.4, 0.5) is 0 Å². The number of piperidine rings is 1. The van der Waals surface area contributed by atoms with Gasteiger partial charge in [0, 0.05) is 25.1 Å². The van der Waals surface area contributed by atoms with Crippen molar-refractivity contribution in [3.05, 3.63) is 34.9 Å². The molecule has 2 saturated carbocycles. The summed E-state index contributed by atoms with van der Waals surface area (Å²) in [4.78, 5) is 38.0. The molecule has 1 aromatic rings. The third kappa shape index (κ3) is 3.93. The van der Waals surface area contributed by atoms with Gasteiger partial charge in [-0.25, -0.2) is 0 Å². The van der Waals surface area contributed by atoms with E-state index in [1.165, 1.54) is 32.1 Å². The van der Waals surface area contributed by atoms with Gasteiger partial charge in [-0.05, 0) is 72.8 Å². The number of nitrogens with one attached hydrogen (secondary N) is 2. The van der Waals surface area contributed by atoms with Crippen LogP contribution in [-0.4, -0.2) is 40.4 Å². The van der Waals surface area contributed by atoms with E-state index in [1.54, 1.807) is 4.90 Å². The number of carbonyl (C=O) groups excluding carboxylic acids is 3. The molecule has 3 fully saturated rings. The number of nitrogens with zero attached hydrogens (tertiary/aromatic N) is 1. The summed E-state index contributed by atoms with van der Waals surface area (Å²) in [6.45, 7) is 1.54. The van der Waals surface area contributed by atoms with Crippen LogP contribution in [0.15, 0.2) is 18.2 Å². The monoisotopic (exact) mass is 441 g/mol. The van der Waals surface area contributed by atoms with Gasteiger partial charge in [0.05, 0.1) is 6.61 Å². The molecule has 1 saturated heterocycles. The van der Waals surface area contributed by atoms with Crippen LogP contribution in [0.5, 0.6) is 0 Å². The summed E-state index contributed by atoms with van der Waals surface area (Å²) < 4.78 is 5.73. The Hall–Kier alpha value is -2.48. The van der Waals surface area contributed by atoms with Gasteiger partial charge in [0.15, 0.2) is 0 Å². The summed E-state index contributed by atoms with van der Waals surface area (Å²) in [5.41, 5.74) is 3.07. The lowest BCUT2D eigenvalue weighted by atomic mass is 9.52. The van der Waals surface area contributed by atoms with Crippen molar-refractivity contribution in [3.63, 3.8) is 0 Å². The summed E-state index contributed by atoms with van der Waals surface area (Å²) >= 11 is 5.31. The average molecular weight is 442 g/mol. The Labute approximate surface area is 186 Å². The van der Waals surface area contributed by atoms with Crippen LogP contribution in [0.2, 0.25) is 0 Å². The Kier molecular flexibility index (Phi) is 5.20. The molecule has 2 heterocycles. The Morgan fingerprint density at radius 3 is 2.77 bits per heavy atom. The Morgan fingerprint density at radius 2 is 2.06 bits per heavy atom. The summed E-state index contributed by atoms with van der Waals surface area (Å²) in [5.74, 6) is -0.218. The molecule has 2 aliphatic carbocycles. The summed E-state index contributed by atoms with van der Waals surface area (Å²) in [6.07, 6.45) is 7.30.